The maximum atomic E-state index is 6.31. The van der Waals surface area contributed by atoms with Crippen LogP contribution in [0.15, 0.2) is 35.6 Å². The first-order valence-corrected chi connectivity index (χ1v) is 9.17. The minimum atomic E-state index is 0.401. The summed E-state index contributed by atoms with van der Waals surface area (Å²) in [5.74, 6) is 1.04. The van der Waals surface area contributed by atoms with Gasteiger partial charge in [-0.25, -0.2) is 9.97 Å². The van der Waals surface area contributed by atoms with Gasteiger partial charge in [-0.15, -0.1) is 0 Å². The van der Waals surface area contributed by atoms with Crippen molar-refractivity contribution in [2.45, 2.75) is 0 Å². The van der Waals surface area contributed by atoms with E-state index < -0.39 is 0 Å². The Kier molecular flexibility index (Phi) is 7.79. The van der Waals surface area contributed by atoms with E-state index >= 15 is 0 Å². The van der Waals surface area contributed by atoms with Crippen molar-refractivity contribution >= 4 is 34.8 Å². The van der Waals surface area contributed by atoms with Crippen LogP contribution in [-0.4, -0.2) is 69.5 Å². The Labute approximate surface area is 172 Å². The van der Waals surface area contributed by atoms with Gasteiger partial charge in [0.2, 0.25) is 5.95 Å². The van der Waals surface area contributed by atoms with Crippen molar-refractivity contribution in [3.05, 3.63) is 36.3 Å². The van der Waals surface area contributed by atoms with Crippen LogP contribution >= 0.6 is 0 Å². The van der Waals surface area contributed by atoms with Crippen LogP contribution in [0.5, 0.6) is 5.75 Å². The van der Waals surface area contributed by atoms with Gasteiger partial charge in [0.1, 0.15) is 5.75 Å². The van der Waals surface area contributed by atoms with E-state index in [4.69, 9.17) is 16.2 Å². The van der Waals surface area contributed by atoms with Crippen LogP contribution in [0.4, 0.5) is 23.0 Å². The number of nitrogen functional groups attached to an aromatic ring is 1. The molecule has 0 radical (unpaired) electrons. The molecule has 2 rings (SSSR count). The molecule has 1 aromatic heterocycles. The van der Waals surface area contributed by atoms with E-state index in [9.17, 15) is 0 Å². The van der Waals surface area contributed by atoms with Gasteiger partial charge in [0, 0.05) is 57.4 Å². The number of aromatic nitrogens is 2. The van der Waals surface area contributed by atoms with Gasteiger partial charge in [0.05, 0.1) is 29.9 Å². The first kappa shape index (κ1) is 22.0. The molecule has 0 atom stereocenters. The first-order chi connectivity index (χ1) is 13.9. The summed E-state index contributed by atoms with van der Waals surface area (Å²) in [7, 11) is 9.37. The van der Waals surface area contributed by atoms with Crippen molar-refractivity contribution in [1.29, 1.82) is 0 Å². The highest BCUT2D eigenvalue weighted by Crippen LogP contribution is 2.36. The second-order valence-corrected chi connectivity index (χ2v) is 6.74. The summed E-state index contributed by atoms with van der Waals surface area (Å²) >= 11 is 0. The number of benzene rings is 1. The number of nitrogens with one attached hydrogen (secondary N) is 1. The minimum absolute atomic E-state index is 0.401. The first-order valence-electron chi connectivity index (χ1n) is 9.17. The number of anilines is 4. The summed E-state index contributed by atoms with van der Waals surface area (Å²) in [5, 5.41) is 3.18. The van der Waals surface area contributed by atoms with Crippen LogP contribution in [0.25, 0.3) is 5.57 Å². The van der Waals surface area contributed by atoms with Gasteiger partial charge < -0.3 is 31.3 Å². The number of methoxy groups -OCH3 is 1. The Morgan fingerprint density at radius 1 is 1.28 bits per heavy atom. The topological polar surface area (TPSA) is 118 Å². The van der Waals surface area contributed by atoms with E-state index in [0.717, 1.165) is 18.8 Å². The molecule has 0 saturated heterocycles. The molecular formula is C20H30N8O. The van der Waals surface area contributed by atoms with Gasteiger partial charge in [-0.2, -0.15) is 0 Å². The SMILES string of the molecule is CN=CC(=CN)c1ccnc(Nc2cc(N)c(N(C)CCN(C)C)cc2OC)n1. The van der Waals surface area contributed by atoms with Gasteiger partial charge in [0.15, 0.2) is 0 Å². The molecule has 0 unspecified atom stereocenters. The predicted molar refractivity (Wildman–Crippen MR) is 121 cm³/mol. The molecule has 2 aromatic rings. The molecule has 1 heterocycles. The second-order valence-electron chi connectivity index (χ2n) is 6.74. The molecule has 29 heavy (non-hydrogen) atoms. The van der Waals surface area contributed by atoms with Crippen molar-refractivity contribution < 1.29 is 4.74 Å². The number of ether oxygens (including phenoxy) is 1. The summed E-state index contributed by atoms with van der Waals surface area (Å²) in [4.78, 5) is 17.0. The zero-order valence-electron chi connectivity index (χ0n) is 17.7. The quantitative estimate of drug-likeness (QED) is 0.432. The normalized spacial score (nSPS) is 11.9. The number of allylic oxidation sites excluding steroid dienone is 1. The van der Waals surface area contributed by atoms with Crippen molar-refractivity contribution in [3.8, 4) is 5.75 Å². The number of rotatable bonds is 9. The zero-order valence-corrected chi connectivity index (χ0v) is 17.7. The molecule has 0 spiro atoms. The molecule has 9 heteroatoms. The molecule has 0 aliphatic rings. The molecule has 0 aliphatic heterocycles. The summed E-state index contributed by atoms with van der Waals surface area (Å²) in [5.41, 5.74) is 15.5. The molecule has 156 valence electrons. The Bertz CT molecular complexity index is 879. The third kappa shape index (κ3) is 5.82. The van der Waals surface area contributed by atoms with Crippen LogP contribution in [0.3, 0.4) is 0 Å². The van der Waals surface area contributed by atoms with Crippen LogP contribution in [0.2, 0.25) is 0 Å². The summed E-state index contributed by atoms with van der Waals surface area (Å²) in [6, 6.07) is 5.50. The summed E-state index contributed by atoms with van der Waals surface area (Å²) < 4.78 is 5.56. The maximum absolute atomic E-state index is 6.31. The predicted octanol–water partition coefficient (Wildman–Crippen LogP) is 1.81. The van der Waals surface area contributed by atoms with Crippen LogP contribution < -0.4 is 26.4 Å². The Morgan fingerprint density at radius 3 is 2.66 bits per heavy atom. The van der Waals surface area contributed by atoms with Gasteiger partial charge in [-0.1, -0.05) is 0 Å². The van der Waals surface area contributed by atoms with Crippen molar-refractivity contribution in [1.82, 2.24) is 14.9 Å². The second kappa shape index (κ2) is 10.3. The fourth-order valence-corrected chi connectivity index (χ4v) is 2.69. The Hall–Kier alpha value is -3.33. The van der Waals surface area contributed by atoms with E-state index in [1.165, 1.54) is 6.20 Å². The van der Waals surface area contributed by atoms with Gasteiger partial charge >= 0.3 is 0 Å². The van der Waals surface area contributed by atoms with Crippen molar-refractivity contribution in [3.63, 3.8) is 0 Å². The largest absolute Gasteiger partial charge is 0.494 e. The molecule has 0 amide bonds. The zero-order chi connectivity index (χ0) is 21.4. The molecule has 0 aliphatic carbocycles. The summed E-state index contributed by atoms with van der Waals surface area (Å²) in [6.07, 6.45) is 4.75. The van der Waals surface area contributed by atoms with Crippen LogP contribution in [0.1, 0.15) is 5.69 Å². The molecule has 0 fully saturated rings. The highest BCUT2D eigenvalue weighted by atomic mass is 16.5. The lowest BCUT2D eigenvalue weighted by Gasteiger charge is -2.24. The number of aliphatic imine (C=N–C) groups is 1. The third-order valence-electron chi connectivity index (χ3n) is 4.29. The Balaban J connectivity index is 2.31. The fraction of sp³-hybridized carbons (Fsp3) is 0.350. The molecule has 9 nitrogen and oxygen atoms in total. The minimum Gasteiger partial charge on any atom is -0.494 e. The standard InChI is InChI=1S/C20H30N8O/c1-23-13-14(12-21)16-6-7-24-20(25-16)26-17-10-15(22)18(11-19(17)29-5)28(4)9-8-27(2)3/h6-7,10-13H,8-9,21-22H2,1-5H3,(H,24,25,26). The molecule has 5 N–H and O–H groups in total. The van der Waals surface area contributed by atoms with Gasteiger partial charge in [-0.05, 0) is 26.2 Å². The van der Waals surface area contributed by atoms with Gasteiger partial charge in [-0.3, -0.25) is 4.99 Å². The average molecular weight is 399 g/mol. The smallest absolute Gasteiger partial charge is 0.227 e. The average Bonchev–Trinajstić information content (AvgIpc) is 2.70. The number of hydrogen-bond acceptors (Lipinski definition) is 9. The van der Waals surface area contributed by atoms with E-state index in [0.29, 0.717) is 34.3 Å². The van der Waals surface area contributed by atoms with Crippen molar-refractivity contribution in [2.75, 3.05) is 64.3 Å². The third-order valence-corrected chi connectivity index (χ3v) is 4.29. The molecule has 0 bridgehead atoms. The lowest BCUT2D eigenvalue weighted by Crippen LogP contribution is -2.29. The number of hydrogen-bond donors (Lipinski definition) is 3. The Morgan fingerprint density at radius 2 is 2.03 bits per heavy atom. The van der Waals surface area contributed by atoms with E-state index in [2.05, 4.69) is 30.1 Å². The van der Waals surface area contributed by atoms with Crippen LogP contribution in [0, 0.1) is 0 Å². The summed E-state index contributed by atoms with van der Waals surface area (Å²) in [6.45, 7) is 1.75. The van der Waals surface area contributed by atoms with Gasteiger partial charge in [0.25, 0.3) is 0 Å². The van der Waals surface area contributed by atoms with Crippen molar-refractivity contribution in [2.24, 2.45) is 10.7 Å². The number of nitrogens with zero attached hydrogens (tertiary/aromatic N) is 5. The van der Waals surface area contributed by atoms with E-state index in [1.54, 1.807) is 32.6 Å². The highest BCUT2D eigenvalue weighted by molar-refractivity contribution is 6.08. The van der Waals surface area contributed by atoms with E-state index in [-0.39, 0.29) is 0 Å². The van der Waals surface area contributed by atoms with E-state index in [1.807, 2.05) is 33.3 Å². The van der Waals surface area contributed by atoms with Crippen LogP contribution in [-0.2, 0) is 0 Å². The molecule has 0 saturated carbocycles. The number of nitrogens with two attached hydrogens (primary N) is 2. The molecular weight excluding hydrogens is 368 g/mol. The fourth-order valence-electron chi connectivity index (χ4n) is 2.69. The lowest BCUT2D eigenvalue weighted by atomic mass is 10.2. The lowest BCUT2D eigenvalue weighted by molar-refractivity contribution is 0.413. The number of likely N-dealkylation sites (N-methyl/N-ethyl adjacent to an activating group) is 2. The monoisotopic (exact) mass is 398 g/mol. The molecule has 1 aromatic carbocycles. The maximum Gasteiger partial charge on any atom is 0.227 e. The highest BCUT2D eigenvalue weighted by Gasteiger charge is 2.14.